The third-order valence-electron chi connectivity index (χ3n) is 4.24. The predicted molar refractivity (Wildman–Crippen MR) is 121 cm³/mol. The third kappa shape index (κ3) is 7.47. The molecule has 0 atom stereocenters. The first kappa shape index (κ1) is 24.5. The van der Waals surface area contributed by atoms with E-state index in [4.69, 9.17) is 8.92 Å². The van der Waals surface area contributed by atoms with Crippen molar-refractivity contribution in [2.45, 2.75) is 51.6 Å². The zero-order chi connectivity index (χ0) is 23.2. The topological polar surface area (TPSA) is 84.9 Å². The molecule has 0 fully saturated rings. The largest absolute Gasteiger partial charge is 0.497 e. The van der Waals surface area contributed by atoms with Gasteiger partial charge in [-0.1, -0.05) is 32.0 Å². The second-order valence-electron chi connectivity index (χ2n) is 8.78. The van der Waals surface area contributed by atoms with Crippen molar-refractivity contribution >= 4 is 16.1 Å². The van der Waals surface area contributed by atoms with Gasteiger partial charge in [-0.25, -0.2) is 4.79 Å². The van der Waals surface area contributed by atoms with Crippen molar-refractivity contribution in [2.24, 2.45) is 5.92 Å². The van der Waals surface area contributed by atoms with Crippen molar-refractivity contribution in [1.82, 2.24) is 10.2 Å². The summed E-state index contributed by atoms with van der Waals surface area (Å²) in [4.78, 5) is 14.5. The van der Waals surface area contributed by atoms with Crippen LogP contribution in [0.5, 0.6) is 11.5 Å². The van der Waals surface area contributed by atoms with E-state index < -0.39 is 10.1 Å². The van der Waals surface area contributed by atoms with Crippen LogP contribution in [0.15, 0.2) is 53.4 Å². The molecule has 0 aliphatic rings. The minimum absolute atomic E-state index is 0.0209. The van der Waals surface area contributed by atoms with Gasteiger partial charge >= 0.3 is 16.1 Å². The molecule has 0 unspecified atom stereocenters. The molecular weight excluding hydrogens is 416 g/mol. The Bertz CT molecular complexity index is 980. The standard InChI is InChI=1S/C23H32N2O5S/c1-17(2)15-25(22(26)24-23(3,4)5)16-18-9-7-8-10-21(18)30-31(27,28)20-13-11-19(29-6)12-14-20/h7-14,17H,15-16H2,1-6H3,(H,24,26). The molecule has 8 heteroatoms. The number of ether oxygens (including phenoxy) is 1. The Kier molecular flexibility index (Phi) is 7.95. The average molecular weight is 449 g/mol. The van der Waals surface area contributed by atoms with E-state index >= 15 is 0 Å². The zero-order valence-electron chi connectivity index (χ0n) is 19.0. The molecule has 0 radical (unpaired) electrons. The first-order chi connectivity index (χ1) is 14.4. The van der Waals surface area contributed by atoms with Crippen LogP contribution in [0.25, 0.3) is 0 Å². The van der Waals surface area contributed by atoms with Crippen LogP contribution in [0, 0.1) is 5.92 Å². The second-order valence-corrected chi connectivity index (χ2v) is 10.3. The molecule has 0 bridgehead atoms. The van der Waals surface area contributed by atoms with Crippen molar-refractivity contribution < 1.29 is 22.1 Å². The maximum absolute atomic E-state index is 12.8. The number of nitrogens with zero attached hydrogens (tertiary/aromatic N) is 1. The van der Waals surface area contributed by atoms with Crippen molar-refractivity contribution in [3.63, 3.8) is 0 Å². The zero-order valence-corrected chi connectivity index (χ0v) is 19.8. The summed E-state index contributed by atoms with van der Waals surface area (Å²) in [5.41, 5.74) is 0.212. The normalized spacial score (nSPS) is 11.8. The summed E-state index contributed by atoms with van der Waals surface area (Å²) in [6.45, 7) is 10.5. The molecule has 2 amide bonds. The number of carbonyl (C=O) groups excluding carboxylic acids is 1. The van der Waals surface area contributed by atoms with Crippen molar-refractivity contribution in [2.75, 3.05) is 13.7 Å². The molecule has 0 aliphatic heterocycles. The molecule has 7 nitrogen and oxygen atoms in total. The minimum atomic E-state index is -4.04. The van der Waals surface area contributed by atoms with Gasteiger partial charge in [0.2, 0.25) is 0 Å². The van der Waals surface area contributed by atoms with Gasteiger partial charge in [0.05, 0.1) is 13.7 Å². The lowest BCUT2D eigenvalue weighted by Crippen LogP contribution is -2.49. The fourth-order valence-electron chi connectivity index (χ4n) is 2.89. The number of carbonyl (C=O) groups is 1. The van der Waals surface area contributed by atoms with Crippen LogP contribution in [-0.2, 0) is 16.7 Å². The van der Waals surface area contributed by atoms with Crippen LogP contribution in [0.4, 0.5) is 4.79 Å². The highest BCUT2D eigenvalue weighted by atomic mass is 32.2. The van der Waals surface area contributed by atoms with Gasteiger partial charge in [0, 0.05) is 17.6 Å². The first-order valence-electron chi connectivity index (χ1n) is 10.1. The Balaban J connectivity index is 2.29. The molecule has 0 saturated heterocycles. The van der Waals surface area contributed by atoms with Crippen LogP contribution in [0.3, 0.4) is 0 Å². The molecule has 0 aliphatic carbocycles. The Morgan fingerprint density at radius 2 is 1.68 bits per heavy atom. The molecule has 0 saturated carbocycles. The summed E-state index contributed by atoms with van der Waals surface area (Å²) in [6.07, 6.45) is 0. The summed E-state index contributed by atoms with van der Waals surface area (Å²) in [5, 5.41) is 2.97. The number of hydrogen-bond donors (Lipinski definition) is 1. The van der Waals surface area contributed by atoms with Crippen LogP contribution < -0.4 is 14.2 Å². The van der Waals surface area contributed by atoms with E-state index in [-0.39, 0.29) is 34.7 Å². The average Bonchev–Trinajstić information content (AvgIpc) is 2.67. The molecule has 2 rings (SSSR count). The fraction of sp³-hybridized carbons (Fsp3) is 0.435. The quantitative estimate of drug-likeness (QED) is 0.604. The van der Waals surface area contributed by atoms with E-state index in [0.29, 0.717) is 17.9 Å². The van der Waals surface area contributed by atoms with Gasteiger partial charge in [0.25, 0.3) is 0 Å². The number of hydrogen-bond acceptors (Lipinski definition) is 5. The van der Waals surface area contributed by atoms with Crippen LogP contribution >= 0.6 is 0 Å². The lowest BCUT2D eigenvalue weighted by atomic mass is 10.1. The van der Waals surface area contributed by atoms with Gasteiger partial charge < -0.3 is 19.1 Å². The summed E-state index contributed by atoms with van der Waals surface area (Å²) in [7, 11) is -2.53. The Morgan fingerprint density at radius 1 is 1.06 bits per heavy atom. The van der Waals surface area contributed by atoms with E-state index in [1.54, 1.807) is 41.3 Å². The van der Waals surface area contributed by atoms with Gasteiger partial charge in [0.1, 0.15) is 16.4 Å². The number of amides is 2. The highest BCUT2D eigenvalue weighted by molar-refractivity contribution is 7.87. The number of para-hydroxylation sites is 1. The molecule has 1 N–H and O–H groups in total. The SMILES string of the molecule is COc1ccc(S(=O)(=O)Oc2ccccc2CN(CC(C)C)C(=O)NC(C)(C)C)cc1. The number of methoxy groups -OCH3 is 1. The summed E-state index contributed by atoms with van der Waals surface area (Å²) in [6, 6.07) is 12.6. The molecule has 2 aromatic carbocycles. The Morgan fingerprint density at radius 3 is 2.23 bits per heavy atom. The highest BCUT2D eigenvalue weighted by Crippen LogP contribution is 2.26. The highest BCUT2D eigenvalue weighted by Gasteiger charge is 2.23. The molecular formula is C23H32N2O5S. The van der Waals surface area contributed by atoms with Crippen molar-refractivity contribution in [3.8, 4) is 11.5 Å². The molecule has 0 heterocycles. The van der Waals surface area contributed by atoms with Crippen LogP contribution in [0.1, 0.15) is 40.2 Å². The monoisotopic (exact) mass is 448 g/mol. The summed E-state index contributed by atoms with van der Waals surface area (Å²) >= 11 is 0. The van der Waals surface area contributed by atoms with E-state index in [1.807, 2.05) is 34.6 Å². The predicted octanol–water partition coefficient (Wildman–Crippen LogP) is 4.43. The maximum atomic E-state index is 12.8. The Hall–Kier alpha value is -2.74. The van der Waals surface area contributed by atoms with Gasteiger partial charge in [-0.2, -0.15) is 8.42 Å². The van der Waals surface area contributed by atoms with Crippen molar-refractivity contribution in [1.29, 1.82) is 0 Å². The van der Waals surface area contributed by atoms with Gasteiger partial charge in [-0.05, 0) is 57.0 Å². The molecule has 0 spiro atoms. The lowest BCUT2D eigenvalue weighted by Gasteiger charge is -2.30. The van der Waals surface area contributed by atoms with E-state index in [0.717, 1.165) is 0 Å². The summed E-state index contributed by atoms with van der Waals surface area (Å²) in [5.74, 6) is 0.978. The smallest absolute Gasteiger partial charge is 0.339 e. The molecule has 170 valence electrons. The van der Waals surface area contributed by atoms with E-state index in [9.17, 15) is 13.2 Å². The molecule has 2 aromatic rings. The third-order valence-corrected chi connectivity index (χ3v) is 5.48. The fourth-order valence-corrected chi connectivity index (χ4v) is 3.85. The van der Waals surface area contributed by atoms with Gasteiger partial charge in [-0.3, -0.25) is 0 Å². The van der Waals surface area contributed by atoms with E-state index in [2.05, 4.69) is 5.32 Å². The Labute approximate surface area is 185 Å². The molecule has 0 aromatic heterocycles. The number of nitrogens with one attached hydrogen (secondary N) is 1. The molecule has 31 heavy (non-hydrogen) atoms. The number of urea groups is 1. The van der Waals surface area contributed by atoms with Gasteiger partial charge in [0.15, 0.2) is 0 Å². The number of rotatable bonds is 8. The van der Waals surface area contributed by atoms with Crippen LogP contribution in [0.2, 0.25) is 0 Å². The van der Waals surface area contributed by atoms with Crippen LogP contribution in [-0.4, -0.2) is 38.5 Å². The van der Waals surface area contributed by atoms with E-state index in [1.165, 1.54) is 19.2 Å². The maximum Gasteiger partial charge on any atom is 0.339 e. The second kappa shape index (κ2) is 10.0. The van der Waals surface area contributed by atoms with Crippen molar-refractivity contribution in [3.05, 3.63) is 54.1 Å². The minimum Gasteiger partial charge on any atom is -0.497 e. The number of benzene rings is 2. The van der Waals surface area contributed by atoms with Gasteiger partial charge in [-0.15, -0.1) is 0 Å². The first-order valence-corrected chi connectivity index (χ1v) is 11.6. The summed E-state index contributed by atoms with van der Waals surface area (Å²) < 4.78 is 36.1. The lowest BCUT2D eigenvalue weighted by molar-refractivity contribution is 0.178.